The number of benzene rings is 1. The molecule has 1 heterocycles. The fourth-order valence-corrected chi connectivity index (χ4v) is 3.08. The monoisotopic (exact) mass is 361 g/mol. The molecule has 1 saturated heterocycles. The Balaban J connectivity index is 2.08. The normalized spacial score (nSPS) is 19.5. The second-order valence-corrected chi connectivity index (χ2v) is 6.26. The highest BCUT2D eigenvalue weighted by molar-refractivity contribution is 6.03. The Bertz CT molecular complexity index is 716. The Morgan fingerprint density at radius 1 is 1.27 bits per heavy atom. The summed E-state index contributed by atoms with van der Waals surface area (Å²) in [5.41, 5.74) is 0.618. The van der Waals surface area contributed by atoms with Gasteiger partial charge in [0.05, 0.1) is 12.5 Å². The number of amides is 4. The Hall–Kier alpha value is -2.90. The van der Waals surface area contributed by atoms with Gasteiger partial charge >= 0.3 is 6.09 Å². The van der Waals surface area contributed by atoms with Crippen molar-refractivity contribution in [2.24, 2.45) is 0 Å². The minimum atomic E-state index is -0.735. The second-order valence-electron chi connectivity index (χ2n) is 6.26. The maximum atomic E-state index is 12.4. The molecule has 0 aliphatic carbocycles. The molecule has 4 amide bonds. The molecule has 1 atom stereocenters. The average Bonchev–Trinajstić information content (AvgIpc) is 2.62. The van der Waals surface area contributed by atoms with E-state index < -0.39 is 11.5 Å². The van der Waals surface area contributed by atoms with E-state index in [0.29, 0.717) is 24.9 Å². The van der Waals surface area contributed by atoms with E-state index in [1.54, 1.807) is 24.3 Å². The summed E-state index contributed by atoms with van der Waals surface area (Å²) in [5, 5.41) is 5.09. The molecule has 140 valence electrons. The van der Waals surface area contributed by atoms with E-state index in [0.717, 1.165) is 10.5 Å². The van der Waals surface area contributed by atoms with Gasteiger partial charge in [0.15, 0.2) is 0 Å². The van der Waals surface area contributed by atoms with Crippen LogP contribution in [0.4, 0.5) is 10.5 Å². The van der Waals surface area contributed by atoms with Crippen molar-refractivity contribution >= 4 is 29.5 Å². The summed E-state index contributed by atoms with van der Waals surface area (Å²) in [4.78, 5) is 48.2. The first-order chi connectivity index (χ1) is 12.3. The third kappa shape index (κ3) is 4.01. The Morgan fingerprint density at radius 2 is 1.92 bits per heavy atom. The molecule has 1 fully saturated rings. The summed E-state index contributed by atoms with van der Waals surface area (Å²) in [7, 11) is 2.70. The van der Waals surface area contributed by atoms with Gasteiger partial charge in [-0.15, -0.1) is 0 Å². The number of ether oxygens (including phenoxy) is 1. The van der Waals surface area contributed by atoms with Crippen LogP contribution in [0, 0.1) is 0 Å². The molecule has 0 spiro atoms. The molecule has 0 unspecified atom stereocenters. The summed E-state index contributed by atoms with van der Waals surface area (Å²) in [6.45, 7) is 1.77. The van der Waals surface area contributed by atoms with Gasteiger partial charge in [0.1, 0.15) is 6.54 Å². The van der Waals surface area contributed by atoms with Crippen molar-refractivity contribution in [1.29, 1.82) is 0 Å². The first-order valence-corrected chi connectivity index (χ1v) is 8.36. The number of rotatable bonds is 5. The van der Waals surface area contributed by atoms with Gasteiger partial charge in [-0.2, -0.15) is 0 Å². The number of hydrogen-bond acceptors (Lipinski definition) is 5. The number of methoxy groups -OCH3 is 1. The van der Waals surface area contributed by atoms with Crippen molar-refractivity contribution in [3.05, 3.63) is 29.8 Å². The first kappa shape index (κ1) is 19.4. The van der Waals surface area contributed by atoms with E-state index in [-0.39, 0.29) is 24.3 Å². The number of carbonyl (C=O) groups excluding carboxylic acids is 4. The maximum absolute atomic E-state index is 12.4. The fraction of sp³-hybridized carbons (Fsp3) is 0.444. The molecular weight excluding hydrogens is 338 g/mol. The highest BCUT2D eigenvalue weighted by Gasteiger charge is 2.42. The van der Waals surface area contributed by atoms with Crippen molar-refractivity contribution in [2.75, 3.05) is 26.0 Å². The highest BCUT2D eigenvalue weighted by atomic mass is 16.5. The van der Waals surface area contributed by atoms with Crippen molar-refractivity contribution in [2.45, 2.75) is 31.6 Å². The minimum Gasteiger partial charge on any atom is -0.453 e. The van der Waals surface area contributed by atoms with Crippen LogP contribution in [-0.2, 0) is 24.5 Å². The summed E-state index contributed by atoms with van der Waals surface area (Å²) in [6, 6.07) is 6.95. The Kier molecular flexibility index (Phi) is 5.97. The highest BCUT2D eigenvalue weighted by Crippen LogP contribution is 2.36. The summed E-state index contributed by atoms with van der Waals surface area (Å²) in [6.07, 6.45) is 0.738. The summed E-state index contributed by atoms with van der Waals surface area (Å²) < 4.78 is 4.53. The Morgan fingerprint density at radius 3 is 2.46 bits per heavy atom. The van der Waals surface area contributed by atoms with Gasteiger partial charge in [0.25, 0.3) is 0 Å². The number of piperidine rings is 1. The molecule has 1 aromatic carbocycles. The zero-order valence-electron chi connectivity index (χ0n) is 15.1. The minimum absolute atomic E-state index is 0.141. The van der Waals surface area contributed by atoms with E-state index in [1.165, 1.54) is 14.2 Å². The van der Waals surface area contributed by atoms with Crippen LogP contribution in [-0.4, -0.2) is 49.4 Å². The fourth-order valence-electron chi connectivity index (χ4n) is 3.08. The largest absolute Gasteiger partial charge is 0.453 e. The lowest BCUT2D eigenvalue weighted by atomic mass is 9.72. The van der Waals surface area contributed by atoms with E-state index in [4.69, 9.17) is 0 Å². The zero-order valence-corrected chi connectivity index (χ0v) is 15.1. The van der Waals surface area contributed by atoms with Crippen molar-refractivity contribution in [1.82, 2.24) is 10.2 Å². The van der Waals surface area contributed by atoms with Crippen molar-refractivity contribution in [3.63, 3.8) is 0 Å². The van der Waals surface area contributed by atoms with Gasteiger partial charge in [-0.3, -0.25) is 19.7 Å². The summed E-state index contributed by atoms with van der Waals surface area (Å²) in [5.74, 6) is -0.901. The molecule has 0 bridgehead atoms. The van der Waals surface area contributed by atoms with Crippen molar-refractivity contribution in [3.8, 4) is 0 Å². The predicted molar refractivity (Wildman–Crippen MR) is 94.5 cm³/mol. The lowest BCUT2D eigenvalue weighted by molar-refractivity contribution is -0.138. The number of nitrogens with one attached hydrogen (secondary N) is 2. The second kappa shape index (κ2) is 7.99. The van der Waals surface area contributed by atoms with Crippen LogP contribution in [0.25, 0.3) is 0 Å². The molecule has 8 nitrogen and oxygen atoms in total. The number of imide groups is 1. The molecule has 0 aromatic heterocycles. The van der Waals surface area contributed by atoms with Gasteiger partial charge in [-0.1, -0.05) is 19.1 Å². The number of hydrogen-bond donors (Lipinski definition) is 2. The molecule has 2 N–H and O–H groups in total. The molecule has 1 aromatic rings. The number of anilines is 1. The van der Waals surface area contributed by atoms with E-state index >= 15 is 0 Å². The molecule has 1 aliphatic rings. The van der Waals surface area contributed by atoms with Gasteiger partial charge < -0.3 is 15.0 Å². The third-order valence-electron chi connectivity index (χ3n) is 4.66. The third-order valence-corrected chi connectivity index (χ3v) is 4.66. The molecule has 8 heteroatoms. The average molecular weight is 361 g/mol. The van der Waals surface area contributed by atoms with Gasteiger partial charge in [-0.25, -0.2) is 4.79 Å². The van der Waals surface area contributed by atoms with Gasteiger partial charge in [0, 0.05) is 19.2 Å². The molecular formula is C18H23N3O5. The number of nitrogens with zero attached hydrogens (tertiary/aromatic N) is 1. The van der Waals surface area contributed by atoms with Crippen LogP contribution in [0.15, 0.2) is 24.3 Å². The maximum Gasteiger partial charge on any atom is 0.409 e. The smallest absolute Gasteiger partial charge is 0.409 e. The predicted octanol–water partition coefficient (Wildman–Crippen LogP) is 1.41. The van der Waals surface area contributed by atoms with Crippen LogP contribution in [0.2, 0.25) is 0 Å². The van der Waals surface area contributed by atoms with E-state index in [9.17, 15) is 19.2 Å². The van der Waals surface area contributed by atoms with E-state index in [1.807, 2.05) is 6.92 Å². The number of carbonyl (C=O) groups is 4. The van der Waals surface area contributed by atoms with Gasteiger partial charge in [-0.05, 0) is 30.5 Å². The number of likely N-dealkylation sites (N-methyl/N-ethyl adjacent to an activating group) is 1. The van der Waals surface area contributed by atoms with Crippen LogP contribution in [0.1, 0.15) is 31.7 Å². The van der Waals surface area contributed by atoms with Gasteiger partial charge in [0.2, 0.25) is 17.7 Å². The lowest BCUT2D eigenvalue weighted by Crippen LogP contribution is -2.51. The van der Waals surface area contributed by atoms with Crippen LogP contribution < -0.4 is 10.6 Å². The Labute approximate surface area is 151 Å². The standard InChI is InChI=1S/C18H23N3O5/c1-4-18(10-9-14(22)20-16(18)24)12-5-7-13(8-6-12)19-15(23)11-21(2)17(25)26-3/h5-8H,4,9-11H2,1-3H3,(H,19,23)(H,20,22,24)/t18-/m1/s1. The molecule has 1 aliphatic heterocycles. The molecule has 0 radical (unpaired) electrons. The quantitative estimate of drug-likeness (QED) is 0.772. The van der Waals surface area contributed by atoms with Crippen LogP contribution in [0.3, 0.4) is 0 Å². The lowest BCUT2D eigenvalue weighted by Gasteiger charge is -2.35. The van der Waals surface area contributed by atoms with Crippen LogP contribution >= 0.6 is 0 Å². The molecule has 26 heavy (non-hydrogen) atoms. The topological polar surface area (TPSA) is 105 Å². The summed E-state index contributed by atoms with van der Waals surface area (Å²) >= 11 is 0. The zero-order chi connectivity index (χ0) is 19.3. The van der Waals surface area contributed by atoms with Crippen LogP contribution in [0.5, 0.6) is 0 Å². The molecule has 0 saturated carbocycles. The SMILES string of the molecule is CC[C@]1(c2ccc(NC(=O)CN(C)C(=O)OC)cc2)CCC(=O)NC1=O. The van der Waals surface area contributed by atoms with Crippen molar-refractivity contribution < 1.29 is 23.9 Å². The first-order valence-electron chi connectivity index (χ1n) is 8.36. The van der Waals surface area contributed by atoms with E-state index in [2.05, 4.69) is 15.4 Å². The molecule has 2 rings (SSSR count).